The number of aryl methyl sites for hydroxylation is 1. The number of hydrogen-bond donors (Lipinski definition) is 5. The Hall–Kier alpha value is -4.66. The van der Waals surface area contributed by atoms with Crippen LogP contribution in [0, 0.1) is 6.92 Å². The number of aliphatic carboxylic acids is 2. The molecule has 2 atom stereocenters. The van der Waals surface area contributed by atoms with E-state index in [-0.39, 0.29) is 12.5 Å². The van der Waals surface area contributed by atoms with Crippen molar-refractivity contribution in [1.29, 1.82) is 0 Å². The lowest BCUT2D eigenvalue weighted by Crippen LogP contribution is -2.47. The first-order valence-electron chi connectivity index (χ1n) is 13.1. The Morgan fingerprint density at radius 1 is 0.905 bits per heavy atom. The Kier molecular flexibility index (Phi) is 11.2. The summed E-state index contributed by atoms with van der Waals surface area (Å²) >= 11 is 0. The Labute approximate surface area is 242 Å². The first-order valence-corrected chi connectivity index (χ1v) is 13.1. The van der Waals surface area contributed by atoms with E-state index in [1.54, 1.807) is 11.9 Å². The number of carboxylic acids is 2. The average molecular weight is 582 g/mol. The maximum atomic E-state index is 11.7. The summed E-state index contributed by atoms with van der Waals surface area (Å²) in [6.07, 6.45) is 1.05. The molecule has 1 fully saturated rings. The molecular formula is C28H35N7O7. The smallest absolute Gasteiger partial charge is 0.335 e. The molecular weight excluding hydrogens is 546 g/mol. The number of carbonyl (C=O) groups is 3. The number of likely N-dealkylation sites (N-methyl/N-ethyl adjacent to an activating group) is 1. The Balaban J connectivity index is 0.000000416. The van der Waals surface area contributed by atoms with Crippen molar-refractivity contribution >= 4 is 29.6 Å². The van der Waals surface area contributed by atoms with Crippen molar-refractivity contribution < 1.29 is 34.8 Å². The van der Waals surface area contributed by atoms with Crippen molar-refractivity contribution in [3.8, 4) is 11.1 Å². The summed E-state index contributed by atoms with van der Waals surface area (Å²) in [5, 5.41) is 32.5. The largest absolute Gasteiger partial charge is 0.479 e. The summed E-state index contributed by atoms with van der Waals surface area (Å²) in [7, 11) is 1.76. The third kappa shape index (κ3) is 8.42. The summed E-state index contributed by atoms with van der Waals surface area (Å²) in [5.41, 5.74) is 9.66. The molecule has 14 heteroatoms. The summed E-state index contributed by atoms with van der Waals surface area (Å²) in [4.78, 5) is 51.2. The molecule has 224 valence electrons. The number of nitrogens with two attached hydrogens (primary N) is 1. The number of rotatable bonds is 9. The molecule has 0 saturated carbocycles. The van der Waals surface area contributed by atoms with E-state index in [0.29, 0.717) is 6.54 Å². The number of carboxylic acid groups (broad SMARTS) is 2. The van der Waals surface area contributed by atoms with Crippen molar-refractivity contribution in [1.82, 2.24) is 19.9 Å². The fourth-order valence-corrected chi connectivity index (χ4v) is 4.20. The molecule has 1 amide bonds. The van der Waals surface area contributed by atoms with Gasteiger partial charge in [-0.2, -0.15) is 0 Å². The standard InChI is InChI=1S/C24H29N7O.C4H6O6/c1-18-5-4-8-26-23(18)30-9-11-31(12-10-30)24-27-15-21(16-28-24)20-7-3-6-19(13-20)17-29(2)22(32)14-25;5-1(3(7)8)2(6)4(9)10/h3-8,13,15-16H,9-12,14,17,25H2,1-2H3;1-2,5-6H,(H,7,8)(H,9,10). The van der Waals surface area contributed by atoms with E-state index in [2.05, 4.69) is 43.8 Å². The van der Waals surface area contributed by atoms with Crippen molar-refractivity contribution in [2.75, 3.05) is 49.6 Å². The first kappa shape index (κ1) is 31.9. The third-order valence-electron chi connectivity index (χ3n) is 6.57. The van der Waals surface area contributed by atoms with Gasteiger partial charge in [0, 0.05) is 63.9 Å². The van der Waals surface area contributed by atoms with Crippen molar-refractivity contribution in [2.24, 2.45) is 5.73 Å². The van der Waals surface area contributed by atoms with E-state index in [1.165, 1.54) is 5.56 Å². The number of pyridine rings is 1. The molecule has 1 saturated heterocycles. The van der Waals surface area contributed by atoms with Crippen molar-refractivity contribution in [2.45, 2.75) is 25.7 Å². The molecule has 14 nitrogen and oxygen atoms in total. The van der Waals surface area contributed by atoms with E-state index in [9.17, 15) is 14.4 Å². The average Bonchev–Trinajstić information content (AvgIpc) is 3.00. The van der Waals surface area contributed by atoms with Gasteiger partial charge in [-0.3, -0.25) is 4.79 Å². The molecule has 2 aromatic heterocycles. The zero-order valence-electron chi connectivity index (χ0n) is 23.4. The number of aliphatic hydroxyl groups is 2. The van der Waals surface area contributed by atoms with Crippen LogP contribution in [0.25, 0.3) is 11.1 Å². The highest BCUT2D eigenvalue weighted by molar-refractivity contribution is 5.83. The number of hydrogen-bond acceptors (Lipinski definition) is 11. The fraction of sp³-hybridized carbons (Fsp3) is 0.357. The quantitative estimate of drug-likeness (QED) is 0.225. The van der Waals surface area contributed by atoms with Crippen LogP contribution in [-0.2, 0) is 20.9 Å². The van der Waals surface area contributed by atoms with Crippen LogP contribution in [0.4, 0.5) is 11.8 Å². The zero-order chi connectivity index (χ0) is 30.8. The second-order valence-corrected chi connectivity index (χ2v) is 9.61. The van der Waals surface area contributed by atoms with E-state index >= 15 is 0 Å². The second kappa shape index (κ2) is 14.8. The lowest BCUT2D eigenvalue weighted by molar-refractivity contribution is -0.165. The minimum atomic E-state index is -2.27. The zero-order valence-corrected chi connectivity index (χ0v) is 23.4. The van der Waals surface area contributed by atoms with E-state index in [0.717, 1.165) is 54.6 Å². The maximum absolute atomic E-state index is 11.7. The molecule has 0 radical (unpaired) electrons. The Morgan fingerprint density at radius 2 is 1.50 bits per heavy atom. The Morgan fingerprint density at radius 3 is 2.05 bits per heavy atom. The van der Waals surface area contributed by atoms with Crippen molar-refractivity contribution in [3.63, 3.8) is 0 Å². The van der Waals surface area contributed by atoms with Gasteiger partial charge in [0.15, 0.2) is 12.2 Å². The predicted octanol–water partition coefficient (Wildman–Crippen LogP) is -0.0319. The van der Waals surface area contributed by atoms with Crippen LogP contribution < -0.4 is 15.5 Å². The monoisotopic (exact) mass is 581 g/mol. The Bertz CT molecular complexity index is 1350. The van der Waals surface area contributed by atoms with Crippen LogP contribution >= 0.6 is 0 Å². The highest BCUT2D eigenvalue weighted by Gasteiger charge is 2.29. The summed E-state index contributed by atoms with van der Waals surface area (Å²) < 4.78 is 0. The number of carbonyl (C=O) groups excluding carboxylic acids is 1. The van der Waals surface area contributed by atoms with E-state index in [4.69, 9.17) is 26.2 Å². The van der Waals surface area contributed by atoms with Gasteiger partial charge in [-0.1, -0.05) is 24.3 Å². The van der Waals surface area contributed by atoms with Gasteiger partial charge in [0.1, 0.15) is 5.82 Å². The summed E-state index contributed by atoms with van der Waals surface area (Å²) in [5.74, 6) is -1.82. The van der Waals surface area contributed by atoms with Crippen LogP contribution in [-0.4, -0.2) is 110 Å². The lowest BCUT2D eigenvalue weighted by atomic mass is 10.1. The third-order valence-corrected chi connectivity index (χ3v) is 6.57. The van der Waals surface area contributed by atoms with Gasteiger partial charge in [0.25, 0.3) is 0 Å². The molecule has 6 N–H and O–H groups in total. The highest BCUT2D eigenvalue weighted by atomic mass is 16.4. The number of amides is 1. The number of anilines is 2. The minimum absolute atomic E-state index is 0.0151. The topological polar surface area (TPSA) is 207 Å². The minimum Gasteiger partial charge on any atom is -0.479 e. The molecule has 2 unspecified atom stereocenters. The molecule has 42 heavy (non-hydrogen) atoms. The van der Waals surface area contributed by atoms with E-state index in [1.807, 2.05) is 42.9 Å². The number of piperazine rings is 1. The molecule has 0 aliphatic carbocycles. The molecule has 0 spiro atoms. The maximum Gasteiger partial charge on any atom is 0.335 e. The van der Waals surface area contributed by atoms with Crippen LogP contribution in [0.3, 0.4) is 0 Å². The number of aromatic nitrogens is 3. The molecule has 1 aliphatic rings. The van der Waals surface area contributed by atoms with Gasteiger partial charge in [-0.05, 0) is 35.7 Å². The first-order chi connectivity index (χ1) is 20.0. The molecule has 0 bridgehead atoms. The molecule has 3 aromatic rings. The van der Waals surface area contributed by atoms with Crippen LogP contribution in [0.15, 0.2) is 55.0 Å². The highest BCUT2D eigenvalue weighted by Crippen LogP contribution is 2.23. The summed E-state index contributed by atoms with van der Waals surface area (Å²) in [6.45, 7) is 6.11. The van der Waals surface area contributed by atoms with E-state index < -0.39 is 24.1 Å². The van der Waals surface area contributed by atoms with Crippen LogP contribution in [0.5, 0.6) is 0 Å². The van der Waals surface area contributed by atoms with Gasteiger partial charge >= 0.3 is 11.9 Å². The van der Waals surface area contributed by atoms with Gasteiger partial charge in [-0.25, -0.2) is 24.5 Å². The van der Waals surface area contributed by atoms with Gasteiger partial charge in [0.2, 0.25) is 11.9 Å². The molecule has 3 heterocycles. The number of aliphatic hydroxyl groups excluding tert-OH is 2. The molecule has 1 aromatic carbocycles. The molecule has 1 aliphatic heterocycles. The lowest BCUT2D eigenvalue weighted by Gasteiger charge is -2.36. The normalized spacial score (nSPS) is 14.3. The number of nitrogens with zero attached hydrogens (tertiary/aromatic N) is 6. The van der Waals surface area contributed by atoms with Gasteiger partial charge in [0.05, 0.1) is 6.54 Å². The SMILES string of the molecule is Cc1cccnc1N1CCN(c2ncc(-c3cccc(CN(C)C(=O)CN)c3)cn2)CC1.O=C(O)C(O)C(O)C(=O)O. The predicted molar refractivity (Wildman–Crippen MR) is 154 cm³/mol. The van der Waals surface area contributed by atoms with Gasteiger partial charge in [-0.15, -0.1) is 0 Å². The van der Waals surface area contributed by atoms with Gasteiger partial charge < -0.3 is 40.9 Å². The number of benzene rings is 1. The van der Waals surface area contributed by atoms with Crippen molar-refractivity contribution in [3.05, 3.63) is 66.1 Å². The fourth-order valence-electron chi connectivity index (χ4n) is 4.20. The van der Waals surface area contributed by atoms with Crippen LogP contribution in [0.1, 0.15) is 11.1 Å². The summed E-state index contributed by atoms with van der Waals surface area (Å²) in [6, 6.07) is 12.1. The second-order valence-electron chi connectivity index (χ2n) is 9.61. The molecule has 4 rings (SSSR count). The van der Waals surface area contributed by atoms with Crippen LogP contribution in [0.2, 0.25) is 0 Å².